The number of imidazole rings is 1. The average Bonchev–Trinajstić information content (AvgIpc) is 3.47. The normalized spacial score (nSPS) is 14.7. The molecule has 3 aromatic rings. The molecular formula is C25H28N6O4S2. The summed E-state index contributed by atoms with van der Waals surface area (Å²) in [4.78, 5) is 48.0. The van der Waals surface area contributed by atoms with Crippen molar-refractivity contribution in [2.45, 2.75) is 45.6 Å². The first kappa shape index (κ1) is 26.6. The van der Waals surface area contributed by atoms with Crippen molar-refractivity contribution in [1.29, 1.82) is 0 Å². The number of amides is 1. The number of anilines is 1. The molecular weight excluding hydrogens is 512 g/mol. The van der Waals surface area contributed by atoms with E-state index in [0.29, 0.717) is 58.6 Å². The number of carboxylic acid groups (broad SMARTS) is 1. The Balaban J connectivity index is 1.55. The quantitative estimate of drug-likeness (QED) is 0.202. The van der Waals surface area contributed by atoms with Crippen molar-refractivity contribution in [1.82, 2.24) is 23.8 Å². The summed E-state index contributed by atoms with van der Waals surface area (Å²) in [5.74, 6) is -0.665. The number of rotatable bonds is 12. The van der Waals surface area contributed by atoms with Gasteiger partial charge in [0.2, 0.25) is 0 Å². The number of thiocarbonyl (C=S) groups is 1. The number of nitrogens with zero attached hydrogens (tertiary/aromatic N) is 5. The van der Waals surface area contributed by atoms with Crippen LogP contribution >= 0.6 is 24.0 Å². The van der Waals surface area contributed by atoms with E-state index in [-0.39, 0.29) is 17.9 Å². The molecule has 0 unspecified atom stereocenters. The molecule has 37 heavy (non-hydrogen) atoms. The van der Waals surface area contributed by atoms with Gasteiger partial charge < -0.3 is 15.0 Å². The molecule has 1 aliphatic rings. The number of aliphatic carboxylic acids is 1. The molecule has 12 heteroatoms. The maximum atomic E-state index is 13.5. The van der Waals surface area contributed by atoms with Crippen molar-refractivity contribution in [2.75, 3.05) is 18.4 Å². The number of nitrogens with one attached hydrogen (secondary N) is 1. The lowest BCUT2D eigenvalue weighted by Gasteiger charge is -2.14. The molecule has 10 nitrogen and oxygen atoms in total. The Hall–Kier alpha value is -3.51. The van der Waals surface area contributed by atoms with Crippen LogP contribution in [0.15, 0.2) is 46.8 Å². The largest absolute Gasteiger partial charge is 0.481 e. The van der Waals surface area contributed by atoms with Gasteiger partial charge in [0.05, 0.1) is 16.8 Å². The fourth-order valence-corrected chi connectivity index (χ4v) is 5.30. The highest BCUT2D eigenvalue weighted by Crippen LogP contribution is 2.33. The zero-order valence-corrected chi connectivity index (χ0v) is 22.1. The zero-order chi connectivity index (χ0) is 26.4. The minimum Gasteiger partial charge on any atom is -0.481 e. The smallest absolute Gasteiger partial charge is 0.303 e. The first-order valence-electron chi connectivity index (χ1n) is 12.0. The number of carboxylic acids is 1. The monoisotopic (exact) mass is 540 g/mol. The van der Waals surface area contributed by atoms with Gasteiger partial charge in [0, 0.05) is 44.6 Å². The zero-order valence-electron chi connectivity index (χ0n) is 20.4. The first-order valence-corrected chi connectivity index (χ1v) is 13.3. The van der Waals surface area contributed by atoms with E-state index >= 15 is 0 Å². The van der Waals surface area contributed by atoms with Crippen LogP contribution in [-0.4, -0.2) is 58.2 Å². The highest BCUT2D eigenvalue weighted by Gasteiger charge is 2.32. The molecule has 1 fully saturated rings. The van der Waals surface area contributed by atoms with E-state index in [9.17, 15) is 14.4 Å². The molecule has 0 saturated carbocycles. The van der Waals surface area contributed by atoms with E-state index in [1.165, 1.54) is 9.30 Å². The van der Waals surface area contributed by atoms with E-state index in [1.807, 2.05) is 23.8 Å². The lowest BCUT2D eigenvalue weighted by atomic mass is 10.2. The van der Waals surface area contributed by atoms with Crippen LogP contribution in [-0.2, 0) is 16.1 Å². The number of carbonyl (C=O) groups excluding carboxylic acids is 1. The van der Waals surface area contributed by atoms with Crippen LogP contribution in [0.25, 0.3) is 11.7 Å². The predicted molar refractivity (Wildman–Crippen MR) is 148 cm³/mol. The number of aromatic nitrogens is 4. The van der Waals surface area contributed by atoms with Crippen molar-refractivity contribution in [2.24, 2.45) is 0 Å². The molecule has 194 valence electrons. The van der Waals surface area contributed by atoms with Crippen LogP contribution in [0, 0.1) is 6.92 Å². The van der Waals surface area contributed by atoms with Gasteiger partial charge in [0.15, 0.2) is 0 Å². The number of hydrogen-bond donors (Lipinski definition) is 2. The topological polar surface area (TPSA) is 122 Å². The van der Waals surface area contributed by atoms with Crippen molar-refractivity contribution < 1.29 is 14.7 Å². The Morgan fingerprint density at radius 1 is 1.19 bits per heavy atom. The number of thioether (sulfide) groups is 1. The van der Waals surface area contributed by atoms with Crippen molar-refractivity contribution in [3.05, 3.63) is 63.4 Å². The van der Waals surface area contributed by atoms with E-state index in [1.54, 1.807) is 30.9 Å². The minimum atomic E-state index is -0.829. The standard InChI is InChI=1S/C25H28N6O4S2/c1-17-7-5-13-30-22(17)28-21(27-9-6-11-29-14-10-26-16-29)18(23(30)34)15-19-24(35)31(25(36)37-19)12-4-2-3-8-20(32)33/h5,7,10,13-16,27H,2-4,6,8-9,11-12H2,1H3,(H,32,33)/b19-15+. The SMILES string of the molecule is Cc1cccn2c(=O)c(/C=C3/SC(=S)N(CCCCCC(=O)O)C3=O)c(NCCCn3ccnc3)nc12. The number of fused-ring (bicyclic) bond motifs is 1. The maximum absolute atomic E-state index is 13.5. The molecule has 4 rings (SSSR count). The van der Waals surface area contributed by atoms with Crippen molar-refractivity contribution in [3.8, 4) is 0 Å². The predicted octanol–water partition coefficient (Wildman–Crippen LogP) is 3.55. The van der Waals surface area contributed by atoms with E-state index < -0.39 is 5.97 Å². The summed E-state index contributed by atoms with van der Waals surface area (Å²) < 4.78 is 3.89. The summed E-state index contributed by atoms with van der Waals surface area (Å²) in [5, 5.41) is 12.1. The summed E-state index contributed by atoms with van der Waals surface area (Å²) >= 11 is 6.58. The number of unbranched alkanes of at least 4 members (excludes halogenated alkanes) is 2. The number of pyridine rings is 1. The van der Waals surface area contributed by atoms with Crippen LogP contribution in [0.2, 0.25) is 0 Å². The third-order valence-corrected chi connectivity index (χ3v) is 7.33. The first-order chi connectivity index (χ1) is 17.8. The van der Waals surface area contributed by atoms with Gasteiger partial charge in [-0.3, -0.25) is 23.7 Å². The lowest BCUT2D eigenvalue weighted by molar-refractivity contribution is -0.137. The third-order valence-electron chi connectivity index (χ3n) is 5.95. The maximum Gasteiger partial charge on any atom is 0.303 e. The van der Waals surface area contributed by atoms with Crippen LogP contribution in [0.5, 0.6) is 0 Å². The number of hydrogen-bond acceptors (Lipinski definition) is 8. The molecule has 0 aromatic carbocycles. The Morgan fingerprint density at radius 3 is 2.78 bits per heavy atom. The second-order valence-electron chi connectivity index (χ2n) is 8.68. The fourth-order valence-electron chi connectivity index (χ4n) is 4.01. The lowest BCUT2D eigenvalue weighted by Crippen LogP contribution is -2.29. The number of carbonyl (C=O) groups is 2. The molecule has 3 aromatic heterocycles. The number of aryl methyl sites for hydroxylation is 2. The second-order valence-corrected chi connectivity index (χ2v) is 10.4. The molecule has 1 amide bonds. The molecule has 0 aliphatic carbocycles. The van der Waals surface area contributed by atoms with E-state index in [2.05, 4.69) is 10.3 Å². The van der Waals surface area contributed by atoms with Gasteiger partial charge >= 0.3 is 5.97 Å². The summed E-state index contributed by atoms with van der Waals surface area (Å²) in [5.41, 5.74) is 1.44. The molecule has 2 N–H and O–H groups in total. The molecule has 1 aliphatic heterocycles. The van der Waals surface area contributed by atoms with Crippen LogP contribution < -0.4 is 10.9 Å². The van der Waals surface area contributed by atoms with Crippen LogP contribution in [0.3, 0.4) is 0 Å². The third kappa shape index (κ3) is 6.44. The van der Waals surface area contributed by atoms with Crippen LogP contribution in [0.4, 0.5) is 5.82 Å². The highest BCUT2D eigenvalue weighted by molar-refractivity contribution is 8.26. The van der Waals surface area contributed by atoms with Gasteiger partial charge in [-0.1, -0.05) is 36.5 Å². The summed E-state index contributed by atoms with van der Waals surface area (Å²) in [7, 11) is 0. The van der Waals surface area contributed by atoms with Crippen molar-refractivity contribution >= 4 is 57.7 Å². The summed E-state index contributed by atoms with van der Waals surface area (Å²) in [6.45, 7) is 3.64. The Labute approximate surface area is 223 Å². The van der Waals surface area contributed by atoms with E-state index in [4.69, 9.17) is 22.3 Å². The Bertz CT molecular complexity index is 1400. The van der Waals surface area contributed by atoms with Gasteiger partial charge in [0.1, 0.15) is 15.8 Å². The molecule has 4 heterocycles. The highest BCUT2D eigenvalue weighted by atomic mass is 32.2. The van der Waals surface area contributed by atoms with Gasteiger partial charge in [-0.25, -0.2) is 9.97 Å². The average molecular weight is 541 g/mol. The molecule has 1 saturated heterocycles. The van der Waals surface area contributed by atoms with Crippen LogP contribution in [0.1, 0.15) is 43.2 Å². The second kappa shape index (κ2) is 12.2. The van der Waals surface area contributed by atoms with Gasteiger partial charge in [-0.2, -0.15) is 0 Å². The molecule has 0 radical (unpaired) electrons. The van der Waals surface area contributed by atoms with E-state index in [0.717, 1.165) is 30.3 Å². The molecule has 0 bridgehead atoms. The van der Waals surface area contributed by atoms with Gasteiger partial charge in [-0.15, -0.1) is 0 Å². The summed E-state index contributed by atoms with van der Waals surface area (Å²) in [6.07, 6.45) is 11.4. The molecule has 0 spiro atoms. The summed E-state index contributed by atoms with van der Waals surface area (Å²) in [6, 6.07) is 3.68. The Morgan fingerprint density at radius 2 is 2.03 bits per heavy atom. The Kier molecular flexibility index (Phi) is 8.72. The fraction of sp³-hybridized carbons (Fsp3) is 0.360. The van der Waals surface area contributed by atoms with Gasteiger partial charge in [-0.05, 0) is 43.9 Å². The van der Waals surface area contributed by atoms with Crippen molar-refractivity contribution in [3.63, 3.8) is 0 Å². The molecule has 0 atom stereocenters. The van der Waals surface area contributed by atoms with Gasteiger partial charge in [0.25, 0.3) is 11.5 Å². The minimum absolute atomic E-state index is 0.106.